The molecule has 0 saturated carbocycles. The summed E-state index contributed by atoms with van der Waals surface area (Å²) < 4.78 is 0. The summed E-state index contributed by atoms with van der Waals surface area (Å²) in [5.74, 6) is -1.94. The smallest absolute Gasteiger partial charge is 0.373 e. The van der Waals surface area contributed by atoms with Gasteiger partial charge in [-0.3, -0.25) is 4.89 Å². The topological polar surface area (TPSA) is 72.8 Å². The van der Waals surface area contributed by atoms with Gasteiger partial charge in [0.1, 0.15) is 0 Å². The van der Waals surface area contributed by atoms with E-state index in [1.54, 1.807) is 12.1 Å². The fraction of sp³-hybridized carbons (Fsp3) is 0.556. The lowest BCUT2D eigenvalue weighted by molar-refractivity contribution is -0.241. The molecule has 1 N–H and O–H groups in total. The van der Waals surface area contributed by atoms with Crippen molar-refractivity contribution < 1.29 is 24.5 Å². The van der Waals surface area contributed by atoms with Gasteiger partial charge in [-0.15, -0.1) is 0 Å². The summed E-state index contributed by atoms with van der Waals surface area (Å²) in [5.41, 5.74) is -0.0934. The Morgan fingerprint density at radius 1 is 0.913 bits per heavy atom. The molecule has 23 heavy (non-hydrogen) atoms. The number of hydrogen-bond acceptors (Lipinski definition) is 4. The summed E-state index contributed by atoms with van der Waals surface area (Å²) in [4.78, 5) is 32.4. The molecule has 0 saturated heterocycles. The molecule has 0 aliphatic rings. The number of carboxylic acids is 1. The minimum atomic E-state index is -1.17. The second kappa shape index (κ2) is 11.7. The molecule has 0 aromatic heterocycles. The maximum Gasteiger partial charge on any atom is 0.373 e. The normalized spacial score (nSPS) is 10.5. The number of carboxylic acid groups (broad SMARTS) is 1. The van der Waals surface area contributed by atoms with Crippen LogP contribution in [0.2, 0.25) is 0 Å². The number of carbonyl (C=O) groups excluding carboxylic acids is 1. The summed E-state index contributed by atoms with van der Waals surface area (Å²) in [6, 6.07) is 5.91. The van der Waals surface area contributed by atoms with Crippen LogP contribution < -0.4 is 0 Å². The minimum Gasteiger partial charge on any atom is -0.478 e. The van der Waals surface area contributed by atoms with E-state index in [-0.39, 0.29) is 11.1 Å². The number of rotatable bonds is 12. The number of benzene rings is 1. The number of aromatic carboxylic acids is 1. The van der Waals surface area contributed by atoms with Crippen molar-refractivity contribution >= 4 is 11.9 Å². The Morgan fingerprint density at radius 2 is 1.48 bits per heavy atom. The lowest BCUT2D eigenvalue weighted by atomic mass is 10.1. The van der Waals surface area contributed by atoms with Gasteiger partial charge in [-0.1, -0.05) is 64.0 Å². The van der Waals surface area contributed by atoms with Crippen molar-refractivity contribution in [1.82, 2.24) is 0 Å². The second-order valence-electron chi connectivity index (χ2n) is 5.52. The summed E-state index contributed by atoms with van der Waals surface area (Å²) in [5, 5.41) is 9.01. The predicted molar refractivity (Wildman–Crippen MR) is 87.4 cm³/mol. The Labute approximate surface area is 137 Å². The Balaban J connectivity index is 2.14. The highest BCUT2D eigenvalue weighted by atomic mass is 17.2. The first-order valence-corrected chi connectivity index (χ1v) is 8.33. The lowest BCUT2D eigenvalue weighted by Crippen LogP contribution is -2.12. The Kier molecular flexibility index (Phi) is 9.71. The first-order valence-electron chi connectivity index (χ1n) is 8.33. The minimum absolute atomic E-state index is 0.00377. The van der Waals surface area contributed by atoms with E-state index in [1.165, 1.54) is 44.2 Å². The zero-order valence-electron chi connectivity index (χ0n) is 13.8. The highest BCUT2D eigenvalue weighted by Crippen LogP contribution is 2.11. The highest BCUT2D eigenvalue weighted by Gasteiger charge is 2.17. The molecule has 0 amide bonds. The summed E-state index contributed by atoms with van der Waals surface area (Å²) in [6.07, 6.45) is 9.37. The molecule has 0 aliphatic carbocycles. The molecule has 1 aromatic carbocycles. The molecule has 0 aliphatic heterocycles. The van der Waals surface area contributed by atoms with Crippen molar-refractivity contribution in [3.05, 3.63) is 35.4 Å². The van der Waals surface area contributed by atoms with E-state index in [9.17, 15) is 9.59 Å². The molecule has 1 aromatic rings. The van der Waals surface area contributed by atoms with Crippen LogP contribution in [0.1, 0.15) is 79.0 Å². The molecule has 1 rings (SSSR count). The molecule has 0 unspecified atom stereocenters. The van der Waals surface area contributed by atoms with Crippen LogP contribution in [0.5, 0.6) is 0 Å². The van der Waals surface area contributed by atoms with Crippen LogP contribution in [-0.4, -0.2) is 23.7 Å². The van der Waals surface area contributed by atoms with E-state index in [0.717, 1.165) is 19.3 Å². The third kappa shape index (κ3) is 7.79. The van der Waals surface area contributed by atoms with E-state index in [0.29, 0.717) is 6.61 Å². The number of carbonyl (C=O) groups is 2. The van der Waals surface area contributed by atoms with Crippen molar-refractivity contribution in [2.75, 3.05) is 6.61 Å². The van der Waals surface area contributed by atoms with Gasteiger partial charge in [0, 0.05) is 0 Å². The molecule has 5 heteroatoms. The first-order chi connectivity index (χ1) is 11.2. The van der Waals surface area contributed by atoms with Crippen LogP contribution in [0.15, 0.2) is 24.3 Å². The van der Waals surface area contributed by atoms with Gasteiger partial charge < -0.3 is 5.11 Å². The molecule has 0 bridgehead atoms. The molecular formula is C18H26O5. The number of unbranched alkanes of at least 4 members (excludes halogenated alkanes) is 7. The maximum atomic E-state index is 11.8. The van der Waals surface area contributed by atoms with Gasteiger partial charge in [0.05, 0.1) is 17.7 Å². The average Bonchev–Trinajstić information content (AvgIpc) is 2.56. The fourth-order valence-electron chi connectivity index (χ4n) is 2.28. The van der Waals surface area contributed by atoms with E-state index < -0.39 is 11.9 Å². The van der Waals surface area contributed by atoms with Gasteiger partial charge in [0.15, 0.2) is 0 Å². The Bertz CT molecular complexity index is 484. The van der Waals surface area contributed by atoms with E-state index in [2.05, 4.69) is 11.8 Å². The van der Waals surface area contributed by atoms with E-state index >= 15 is 0 Å². The molecule has 0 spiro atoms. The van der Waals surface area contributed by atoms with Crippen molar-refractivity contribution in [3.63, 3.8) is 0 Å². The zero-order valence-corrected chi connectivity index (χ0v) is 13.8. The van der Waals surface area contributed by atoms with Gasteiger partial charge in [0.25, 0.3) is 0 Å². The quantitative estimate of drug-likeness (QED) is 0.345. The number of hydrogen-bond donors (Lipinski definition) is 1. The Morgan fingerprint density at radius 3 is 2.09 bits per heavy atom. The molecule has 5 nitrogen and oxygen atoms in total. The monoisotopic (exact) mass is 322 g/mol. The Hall–Kier alpha value is -1.88. The maximum absolute atomic E-state index is 11.8. The van der Waals surface area contributed by atoms with E-state index in [1.807, 2.05) is 0 Å². The SMILES string of the molecule is CCCCCCCCCCOOC(=O)c1ccccc1C(=O)O. The summed E-state index contributed by atoms with van der Waals surface area (Å²) >= 11 is 0. The first kappa shape index (κ1) is 19.2. The van der Waals surface area contributed by atoms with Crippen LogP contribution in [-0.2, 0) is 9.78 Å². The van der Waals surface area contributed by atoms with Gasteiger partial charge in [-0.2, -0.15) is 4.89 Å². The average molecular weight is 322 g/mol. The molecule has 0 fully saturated rings. The van der Waals surface area contributed by atoms with Crippen molar-refractivity contribution in [1.29, 1.82) is 0 Å². The molecule has 0 atom stereocenters. The van der Waals surface area contributed by atoms with Crippen molar-refractivity contribution in [2.24, 2.45) is 0 Å². The van der Waals surface area contributed by atoms with Crippen LogP contribution in [0.3, 0.4) is 0 Å². The molecule has 0 radical (unpaired) electrons. The molecule has 128 valence electrons. The van der Waals surface area contributed by atoms with Gasteiger partial charge in [-0.25, -0.2) is 9.59 Å². The largest absolute Gasteiger partial charge is 0.478 e. The van der Waals surface area contributed by atoms with Crippen LogP contribution >= 0.6 is 0 Å². The summed E-state index contributed by atoms with van der Waals surface area (Å²) in [6.45, 7) is 2.53. The summed E-state index contributed by atoms with van der Waals surface area (Å²) in [7, 11) is 0. The highest BCUT2D eigenvalue weighted by molar-refractivity contribution is 6.02. The van der Waals surface area contributed by atoms with Crippen molar-refractivity contribution in [3.8, 4) is 0 Å². The van der Waals surface area contributed by atoms with Gasteiger partial charge >= 0.3 is 11.9 Å². The molecule has 0 heterocycles. The lowest BCUT2D eigenvalue weighted by Gasteiger charge is -2.06. The zero-order chi connectivity index (χ0) is 16.9. The predicted octanol–water partition coefficient (Wildman–Crippen LogP) is 4.61. The van der Waals surface area contributed by atoms with Gasteiger partial charge in [0.2, 0.25) is 0 Å². The van der Waals surface area contributed by atoms with E-state index in [4.69, 9.17) is 9.99 Å². The molecular weight excluding hydrogens is 296 g/mol. The van der Waals surface area contributed by atoms with Gasteiger partial charge in [-0.05, 0) is 18.6 Å². The third-order valence-electron chi connectivity index (χ3n) is 3.59. The van der Waals surface area contributed by atoms with Crippen LogP contribution in [0, 0.1) is 0 Å². The van der Waals surface area contributed by atoms with Crippen molar-refractivity contribution in [2.45, 2.75) is 58.3 Å². The standard InChI is InChI=1S/C18H26O5/c1-2-3-4-5-6-7-8-11-14-22-23-18(21)16-13-10-9-12-15(16)17(19)20/h9-10,12-13H,2-8,11,14H2,1H3,(H,19,20). The second-order valence-corrected chi connectivity index (χ2v) is 5.52. The fourth-order valence-corrected chi connectivity index (χ4v) is 2.28. The van der Waals surface area contributed by atoms with Crippen LogP contribution in [0.25, 0.3) is 0 Å². The van der Waals surface area contributed by atoms with Crippen LogP contribution in [0.4, 0.5) is 0 Å². The third-order valence-corrected chi connectivity index (χ3v) is 3.59.